The monoisotopic (exact) mass is 1850 g/mol. The number of nitrogens with one attached hydrogen (secondary N) is 9. The van der Waals surface area contributed by atoms with Gasteiger partial charge in [-0.2, -0.15) is 0 Å². The summed E-state index contributed by atoms with van der Waals surface area (Å²) < 4.78 is 0. The zero-order valence-corrected chi connectivity index (χ0v) is 71.6. The van der Waals surface area contributed by atoms with Gasteiger partial charge in [-0.15, -0.1) is 0 Å². The first-order chi connectivity index (χ1) is 57.2. The van der Waals surface area contributed by atoms with E-state index in [9.17, 15) is 118 Å². The van der Waals surface area contributed by atoms with Gasteiger partial charge in [-0.3, -0.25) is 82.0 Å². The standard InChI is InChI=1S/C80H126N16O24.Gd/c1-5-48(4)67(75(111)89-56(18-9-11-27-81)72(108)90-57(19-10-12-28-82)76(112)96-30-14-20-60(96)74(110)91-59(77(113)114)38-49-15-7-6-8-16-49)92-73(109)58(35-47(2)3)88-69-68(70(106)71(69)107)83-29-13-17-50-36-51-42-94(62(79(117)118)22-25-65(104)85-40-54(101)45-98)33-31-93(61(78(115)116)21-24-64(103)84-39-53(100)44-97)32-34-95(43-52(37-50)87-51)63(80(119)120)23-26-66(105)86-41-55(102)46-99;/h6-8,15-16,36-37,47-48,53-63,67,83,88,97-102H,5,9-14,17-35,38-46,81-82H2,1-4H3,(H,84,103)(H,85,104)(H,86,105)(H,89,111)(H,90,108)(H,91,110)(H,92,109)(H,113,114)(H,115,116)(H,117,118)(H,119,120);/t48-,53?,54?,55?,56-,57-,58-,59-,60-,61?,62?,63?,67-;/m0./s1. The first-order valence-corrected chi connectivity index (χ1v) is 41.3. The summed E-state index contributed by atoms with van der Waals surface area (Å²) in [4.78, 5) is 202. The average Bonchev–Trinajstić information content (AvgIpc) is 1.15. The number of aryl methyl sites for hydroxylation is 1. The molecule has 121 heavy (non-hydrogen) atoms. The second-order valence-corrected chi connectivity index (χ2v) is 31.1. The third-order valence-electron chi connectivity index (χ3n) is 21.3. The molecule has 6 unspecified atom stereocenters. The van der Waals surface area contributed by atoms with Crippen LogP contribution in [0.1, 0.15) is 159 Å². The fourth-order valence-corrected chi connectivity index (χ4v) is 14.3. The van der Waals surface area contributed by atoms with Crippen LogP contribution in [0.15, 0.2) is 52.1 Å². The van der Waals surface area contributed by atoms with Gasteiger partial charge in [-0.05, 0) is 138 Å². The normalized spacial score (nSPS) is 17.2. The summed E-state index contributed by atoms with van der Waals surface area (Å²) in [5.74, 6) is -11.9. The number of nitrogens with zero attached hydrogens (tertiary/aromatic N) is 5. The van der Waals surface area contributed by atoms with E-state index in [4.69, 9.17) is 16.5 Å². The second kappa shape index (κ2) is 54.9. The molecule has 0 spiro atoms. The van der Waals surface area contributed by atoms with Crippen molar-refractivity contribution >= 4 is 82.5 Å². The molecule has 1 aromatic heterocycles. The number of aliphatic hydroxyl groups excluding tert-OH is 6. The molecule has 0 aliphatic carbocycles. The van der Waals surface area contributed by atoms with Crippen molar-refractivity contribution in [1.29, 1.82) is 0 Å². The zero-order chi connectivity index (χ0) is 88.7. The van der Waals surface area contributed by atoms with Crippen LogP contribution < -0.4 is 70.2 Å². The fraction of sp³-hybridized carbons (Fsp3) is 0.662. The van der Waals surface area contributed by atoms with Crippen LogP contribution >= 0.6 is 0 Å². The summed E-state index contributed by atoms with van der Waals surface area (Å²) in [6, 6.07) is 0.101. The Bertz CT molecular complexity index is 3820. The van der Waals surface area contributed by atoms with E-state index in [2.05, 4.69) is 47.9 Å². The predicted molar refractivity (Wildman–Crippen MR) is 437 cm³/mol. The van der Waals surface area contributed by atoms with Gasteiger partial charge < -0.3 is 115 Å². The molecule has 2 aliphatic rings. The third-order valence-corrected chi connectivity index (χ3v) is 21.3. The Morgan fingerprint density at radius 1 is 0.529 bits per heavy atom. The number of nitrogens with two attached hydrogens (primary N) is 2. The molecule has 2 aliphatic heterocycles. The van der Waals surface area contributed by atoms with Crippen LogP contribution in [0.3, 0.4) is 0 Å². The van der Waals surface area contributed by atoms with Crippen LogP contribution in [0.4, 0.5) is 11.4 Å². The van der Waals surface area contributed by atoms with Crippen molar-refractivity contribution in [2.24, 2.45) is 23.3 Å². The quantitative estimate of drug-likeness (QED) is 0.0190. The molecule has 23 N–H and O–H groups in total. The van der Waals surface area contributed by atoms with Crippen LogP contribution in [0, 0.1) is 51.8 Å². The van der Waals surface area contributed by atoms with Gasteiger partial charge in [0, 0.05) is 138 Å². The molecule has 1 fully saturated rings. The first-order valence-electron chi connectivity index (χ1n) is 41.3. The van der Waals surface area contributed by atoms with Gasteiger partial charge in [0.25, 0.3) is 10.9 Å². The molecule has 13 atom stereocenters. The number of hydrogen-bond acceptors (Lipinski definition) is 28. The Morgan fingerprint density at radius 3 is 1.45 bits per heavy atom. The topological polar surface area (TPSA) is 627 Å². The minimum absolute atomic E-state index is 0. The number of fused-ring (bicyclic) bond motifs is 2. The van der Waals surface area contributed by atoms with Gasteiger partial charge in [-0.25, -0.2) is 4.79 Å². The number of carbonyl (C=O) groups is 12. The number of unbranched alkanes of at least 4 members (excludes halogenated alkanes) is 2. The molecule has 3 aromatic rings. The smallest absolute Gasteiger partial charge is 0.326 e. The molecule has 1 saturated heterocycles. The van der Waals surface area contributed by atoms with Crippen molar-refractivity contribution < 1.29 is 149 Å². The van der Waals surface area contributed by atoms with Crippen LogP contribution in [0.2, 0.25) is 0 Å². The zero-order valence-electron chi connectivity index (χ0n) is 69.3. The molecule has 2 bridgehead atoms. The summed E-state index contributed by atoms with van der Waals surface area (Å²) in [5, 5.41) is 125. The Balaban J connectivity index is 0.0000308. The summed E-state index contributed by atoms with van der Waals surface area (Å²) in [5.41, 5.74) is 11.1. The Kier molecular flexibility index (Phi) is 47.6. The third kappa shape index (κ3) is 35.4. The number of aliphatic carboxylic acids is 4. The van der Waals surface area contributed by atoms with Crippen LogP contribution in [-0.2, 0) is 83.5 Å². The minimum atomic E-state index is -1.50. The van der Waals surface area contributed by atoms with E-state index in [1.165, 1.54) is 19.6 Å². The number of benzene rings is 1. The maximum Gasteiger partial charge on any atom is 0.326 e. The number of carboxylic acids is 4. The number of aliphatic hydroxyl groups is 6. The molecule has 40 nitrogen and oxygen atoms in total. The number of hydrogen-bond donors (Lipinski definition) is 21. The number of aromatic nitrogens is 1. The van der Waals surface area contributed by atoms with Crippen molar-refractivity contribution in [1.82, 2.24) is 61.8 Å². The molecule has 5 rings (SSSR count). The molecule has 0 radical (unpaired) electrons. The molecular weight excluding hydrogens is 1730 g/mol. The number of likely N-dealkylation sites (tertiary alicyclic amines) is 1. The Morgan fingerprint density at radius 2 is 0.992 bits per heavy atom. The summed E-state index contributed by atoms with van der Waals surface area (Å²) >= 11 is 0. The van der Waals surface area contributed by atoms with Crippen LogP contribution in [-0.4, -0.2) is 311 Å². The van der Waals surface area contributed by atoms with Gasteiger partial charge in [-0.1, -0.05) is 64.4 Å². The second-order valence-electron chi connectivity index (χ2n) is 31.1. The number of carbonyl (C=O) groups excluding carboxylic acids is 8. The number of pyridine rings is 1. The average molecular weight is 1850 g/mol. The van der Waals surface area contributed by atoms with Crippen molar-refractivity contribution in [2.45, 2.75) is 235 Å². The predicted octanol–water partition coefficient (Wildman–Crippen LogP) is -3.86. The van der Waals surface area contributed by atoms with E-state index < -0.39 is 200 Å². The molecule has 3 heterocycles. The van der Waals surface area contributed by atoms with Crippen LogP contribution in [0.5, 0.6) is 0 Å². The van der Waals surface area contributed by atoms with Gasteiger partial charge in [0.2, 0.25) is 47.3 Å². The van der Waals surface area contributed by atoms with Gasteiger partial charge in [0.05, 0.1) is 49.5 Å². The molecule has 41 heteroatoms. The maximum atomic E-state index is 14.8. The summed E-state index contributed by atoms with van der Waals surface area (Å²) in [7, 11) is 0. The Labute approximate surface area is 735 Å². The van der Waals surface area contributed by atoms with Crippen molar-refractivity contribution in [3.8, 4) is 0 Å². The van der Waals surface area contributed by atoms with Crippen molar-refractivity contribution in [3.05, 3.63) is 85.4 Å². The summed E-state index contributed by atoms with van der Waals surface area (Å²) in [6.45, 7) is 2.98. The van der Waals surface area contributed by atoms with E-state index in [-0.39, 0.29) is 218 Å². The number of rotatable bonds is 55. The Hall–Kier alpha value is -8.43. The first kappa shape index (κ1) is 105. The number of amides is 8. The van der Waals surface area contributed by atoms with E-state index in [0.29, 0.717) is 49.7 Å². The van der Waals surface area contributed by atoms with E-state index >= 15 is 0 Å². The number of anilines is 2. The fourth-order valence-electron chi connectivity index (χ4n) is 14.3. The molecule has 0 saturated carbocycles. The van der Waals surface area contributed by atoms with E-state index in [0.717, 1.165) is 0 Å². The number of carboxylic acid groups (broad SMARTS) is 4. The SMILES string of the molecule is CC[C@H](C)[C@H](NC(=O)[C@H](CC(C)C)Nc1c(NCCCc2cc3nc(c2)CN(C(CCC(=O)NCC(O)CO)C(=O)O)CCN(C(CCC(=O)NCC(O)CO)C(=O)O)CCN(C(CCC(=O)NCC(O)CO)C(=O)O)C3)c(=O)c1=O)C(=O)N[C@@H](CCCCN)C(=O)N[C@@H](CCCCN)C(=O)N1CCC[C@H]1C(=O)N[C@@H](Cc1ccccc1)C(=O)O.[Gd]. The summed E-state index contributed by atoms with van der Waals surface area (Å²) in [6.07, 6.45) is -3.12. The van der Waals surface area contributed by atoms with Crippen molar-refractivity contribution in [3.63, 3.8) is 0 Å². The van der Waals surface area contributed by atoms with Gasteiger partial charge in [0.1, 0.15) is 65.8 Å². The van der Waals surface area contributed by atoms with E-state index in [1.807, 2.05) is 0 Å². The van der Waals surface area contributed by atoms with E-state index in [1.54, 1.807) is 70.2 Å². The molecular formula is C80H126GdN16O24. The van der Waals surface area contributed by atoms with Gasteiger partial charge in [0.15, 0.2) is 0 Å². The molecule has 8 amide bonds. The maximum absolute atomic E-state index is 14.8. The molecule has 678 valence electrons. The minimum Gasteiger partial charge on any atom is -0.480 e. The van der Waals surface area contributed by atoms with Crippen molar-refractivity contribution in [2.75, 3.05) is 102 Å². The largest absolute Gasteiger partial charge is 0.480 e. The molecule has 2 aromatic carbocycles. The van der Waals surface area contributed by atoms with Crippen LogP contribution in [0.25, 0.3) is 0 Å². The van der Waals surface area contributed by atoms with Gasteiger partial charge >= 0.3 is 23.9 Å².